The molecule has 0 spiro atoms. The van der Waals surface area contributed by atoms with Crippen molar-refractivity contribution in [3.8, 4) is 0 Å². The van der Waals surface area contributed by atoms with Gasteiger partial charge < -0.3 is 0 Å². The van der Waals surface area contributed by atoms with E-state index < -0.39 is 16.1 Å². The quantitative estimate of drug-likeness (QED) is 0.355. The number of hydrogen-bond donors (Lipinski definition) is 0. The molecule has 0 aromatic rings. The lowest BCUT2D eigenvalue weighted by molar-refractivity contribution is 0.906. The van der Waals surface area contributed by atoms with Gasteiger partial charge in [-0.1, -0.05) is 101 Å². The van der Waals surface area contributed by atoms with E-state index >= 15 is 0 Å². The summed E-state index contributed by atoms with van der Waals surface area (Å²) in [6.07, 6.45) is 9.05. The topological polar surface area (TPSA) is 0 Å². The van der Waals surface area contributed by atoms with Gasteiger partial charge in [-0.25, -0.2) is 0 Å². The zero-order chi connectivity index (χ0) is 17.3. The molecule has 0 bridgehead atoms. The first-order chi connectivity index (χ1) is 11.0. The first-order valence-corrected chi connectivity index (χ1v) is 15.5. The Balaban J connectivity index is 2.98. The SMILES string of the molecule is CC[Si](/C=C/C1=C(/C=C/[Si](CC)(CC)CC)CCC1)(CC)CC. The van der Waals surface area contributed by atoms with E-state index in [1.165, 1.54) is 55.5 Å². The van der Waals surface area contributed by atoms with Gasteiger partial charge in [0.15, 0.2) is 0 Å². The van der Waals surface area contributed by atoms with Gasteiger partial charge in [0.1, 0.15) is 0 Å². The van der Waals surface area contributed by atoms with Gasteiger partial charge in [-0.05, 0) is 30.4 Å². The smallest absolute Gasteiger partial charge is 0.0770 e. The average molecular weight is 349 g/mol. The van der Waals surface area contributed by atoms with Crippen LogP contribution < -0.4 is 0 Å². The lowest BCUT2D eigenvalue weighted by Gasteiger charge is -2.24. The molecular formula is C21H40Si2. The van der Waals surface area contributed by atoms with Gasteiger partial charge in [-0.15, -0.1) is 0 Å². The zero-order valence-corrected chi connectivity index (χ0v) is 18.7. The summed E-state index contributed by atoms with van der Waals surface area (Å²) in [6, 6.07) is 8.37. The van der Waals surface area contributed by atoms with E-state index in [1.54, 1.807) is 11.1 Å². The Morgan fingerprint density at radius 2 is 0.913 bits per heavy atom. The van der Waals surface area contributed by atoms with Gasteiger partial charge in [0, 0.05) is 0 Å². The first kappa shape index (κ1) is 20.7. The molecule has 0 fully saturated rings. The van der Waals surface area contributed by atoms with Crippen molar-refractivity contribution in [3.63, 3.8) is 0 Å². The molecule has 0 nitrogen and oxygen atoms in total. The van der Waals surface area contributed by atoms with Crippen LogP contribution in [0.15, 0.2) is 34.7 Å². The van der Waals surface area contributed by atoms with Crippen molar-refractivity contribution in [3.05, 3.63) is 34.7 Å². The third-order valence-electron chi connectivity index (χ3n) is 6.81. The minimum absolute atomic E-state index is 1.12. The van der Waals surface area contributed by atoms with Gasteiger partial charge >= 0.3 is 0 Å². The Hall–Kier alpha value is -0.346. The summed E-state index contributed by atoms with van der Waals surface area (Å²) in [5.74, 6) is 0. The number of hydrogen-bond acceptors (Lipinski definition) is 0. The summed E-state index contributed by atoms with van der Waals surface area (Å²) in [5.41, 5.74) is 8.65. The summed E-state index contributed by atoms with van der Waals surface area (Å²) in [6.45, 7) is 14.4. The third-order valence-corrected chi connectivity index (χ3v) is 17.0. The van der Waals surface area contributed by atoms with Crippen molar-refractivity contribution in [1.82, 2.24) is 0 Å². The maximum Gasteiger partial charge on any atom is 0.0770 e. The van der Waals surface area contributed by atoms with E-state index in [9.17, 15) is 0 Å². The van der Waals surface area contributed by atoms with Crippen molar-refractivity contribution in [2.75, 3.05) is 0 Å². The highest BCUT2D eigenvalue weighted by atomic mass is 28.3. The van der Waals surface area contributed by atoms with Crippen LogP contribution in [0.2, 0.25) is 36.3 Å². The molecule has 0 aromatic heterocycles. The average Bonchev–Trinajstić information content (AvgIpc) is 3.06. The minimum atomic E-state index is -1.12. The van der Waals surface area contributed by atoms with Crippen LogP contribution in [-0.2, 0) is 0 Å². The standard InChI is InChI=1S/C21H40Si2/c1-7-22(8-2,9-3)18-16-20-14-13-15-21(20)17-19-23(10-4,11-5)12-6/h16-19H,7-15H2,1-6H3/b18-16+,19-17+. The van der Waals surface area contributed by atoms with E-state index in [2.05, 4.69) is 65.1 Å². The second-order valence-corrected chi connectivity index (χ2v) is 17.8. The Labute approximate surface area is 148 Å². The van der Waals surface area contributed by atoms with Crippen molar-refractivity contribution in [1.29, 1.82) is 0 Å². The van der Waals surface area contributed by atoms with Gasteiger partial charge in [-0.3, -0.25) is 0 Å². The molecule has 0 saturated carbocycles. The molecule has 0 radical (unpaired) electrons. The molecule has 0 atom stereocenters. The van der Waals surface area contributed by atoms with E-state index in [0.717, 1.165) is 0 Å². The van der Waals surface area contributed by atoms with E-state index in [4.69, 9.17) is 0 Å². The predicted octanol–water partition coefficient (Wildman–Crippen LogP) is 7.67. The van der Waals surface area contributed by atoms with Crippen molar-refractivity contribution >= 4 is 16.1 Å². The van der Waals surface area contributed by atoms with E-state index in [0.29, 0.717) is 0 Å². The van der Waals surface area contributed by atoms with Gasteiger partial charge in [0.2, 0.25) is 0 Å². The Bertz CT molecular complexity index is 378. The fourth-order valence-electron chi connectivity index (χ4n) is 3.93. The molecule has 2 heteroatoms. The summed E-state index contributed by atoms with van der Waals surface area (Å²) in [7, 11) is -2.25. The van der Waals surface area contributed by atoms with Crippen LogP contribution in [0.5, 0.6) is 0 Å². The predicted molar refractivity (Wildman–Crippen MR) is 114 cm³/mol. The Morgan fingerprint density at radius 3 is 1.17 bits per heavy atom. The lowest BCUT2D eigenvalue weighted by Crippen LogP contribution is -2.28. The highest BCUT2D eigenvalue weighted by Crippen LogP contribution is 2.31. The molecule has 0 saturated heterocycles. The molecule has 0 aromatic carbocycles. The lowest BCUT2D eigenvalue weighted by atomic mass is 10.1. The number of rotatable bonds is 10. The first-order valence-electron chi connectivity index (χ1n) is 10.1. The molecule has 0 amide bonds. The van der Waals surface area contributed by atoms with Crippen molar-refractivity contribution in [2.24, 2.45) is 0 Å². The minimum Gasteiger partial charge on any atom is -0.0940 e. The fraction of sp³-hybridized carbons (Fsp3) is 0.714. The van der Waals surface area contributed by atoms with E-state index in [1.807, 2.05) is 0 Å². The summed E-state index contributed by atoms with van der Waals surface area (Å²) in [4.78, 5) is 0. The maximum atomic E-state index is 2.67. The molecule has 1 rings (SSSR count). The Morgan fingerprint density at radius 1 is 0.609 bits per heavy atom. The molecule has 0 aliphatic heterocycles. The van der Waals surface area contributed by atoms with Crippen LogP contribution in [0.3, 0.4) is 0 Å². The summed E-state index contributed by atoms with van der Waals surface area (Å²) in [5, 5.41) is 0. The summed E-state index contributed by atoms with van der Waals surface area (Å²) >= 11 is 0. The van der Waals surface area contributed by atoms with Crippen LogP contribution in [0, 0.1) is 0 Å². The third kappa shape index (κ3) is 5.32. The van der Waals surface area contributed by atoms with Crippen molar-refractivity contribution < 1.29 is 0 Å². The second kappa shape index (κ2) is 9.83. The highest BCUT2D eigenvalue weighted by Gasteiger charge is 2.25. The molecule has 0 N–H and O–H groups in total. The van der Waals surface area contributed by atoms with Crippen LogP contribution in [0.1, 0.15) is 60.8 Å². The normalized spacial score (nSPS) is 17.1. The molecular weight excluding hydrogens is 308 g/mol. The molecule has 1 aliphatic rings. The molecule has 23 heavy (non-hydrogen) atoms. The van der Waals surface area contributed by atoms with Gasteiger partial charge in [0.25, 0.3) is 0 Å². The highest BCUT2D eigenvalue weighted by molar-refractivity contribution is 6.84. The number of allylic oxidation sites excluding steroid dienone is 4. The van der Waals surface area contributed by atoms with Crippen LogP contribution in [-0.4, -0.2) is 16.1 Å². The summed E-state index contributed by atoms with van der Waals surface area (Å²) < 4.78 is 0. The molecule has 0 unspecified atom stereocenters. The largest absolute Gasteiger partial charge is 0.0940 e. The molecule has 1 aliphatic carbocycles. The second-order valence-electron chi connectivity index (χ2n) is 7.42. The van der Waals surface area contributed by atoms with Gasteiger partial charge in [0.05, 0.1) is 16.1 Å². The Kier molecular flexibility index (Phi) is 8.85. The molecule has 0 heterocycles. The fourth-order valence-corrected chi connectivity index (χ4v) is 9.46. The van der Waals surface area contributed by atoms with E-state index in [-0.39, 0.29) is 0 Å². The van der Waals surface area contributed by atoms with Crippen LogP contribution in [0.4, 0.5) is 0 Å². The van der Waals surface area contributed by atoms with Crippen LogP contribution in [0.25, 0.3) is 0 Å². The van der Waals surface area contributed by atoms with Gasteiger partial charge in [-0.2, -0.15) is 0 Å². The maximum absolute atomic E-state index is 2.67. The molecule has 132 valence electrons. The van der Waals surface area contributed by atoms with Crippen LogP contribution >= 0.6 is 0 Å². The van der Waals surface area contributed by atoms with Crippen molar-refractivity contribution in [2.45, 2.75) is 97.1 Å². The zero-order valence-electron chi connectivity index (χ0n) is 16.7. The monoisotopic (exact) mass is 348 g/mol.